The van der Waals surface area contributed by atoms with Crippen molar-refractivity contribution in [1.82, 2.24) is 5.32 Å². The molecular formula is C15H20BrFN2S. The van der Waals surface area contributed by atoms with E-state index >= 15 is 0 Å². The first-order valence-corrected chi connectivity index (χ1v) is 8.38. The summed E-state index contributed by atoms with van der Waals surface area (Å²) in [4.78, 5) is 0. The highest BCUT2D eigenvalue weighted by atomic mass is 79.9. The van der Waals surface area contributed by atoms with Gasteiger partial charge in [-0.3, -0.25) is 0 Å². The number of benzene rings is 1. The lowest BCUT2D eigenvalue weighted by atomic mass is 9.97. The maximum absolute atomic E-state index is 13.7. The quantitative estimate of drug-likeness (QED) is 0.728. The van der Waals surface area contributed by atoms with Gasteiger partial charge in [-0.25, -0.2) is 4.39 Å². The number of halogens is 2. The summed E-state index contributed by atoms with van der Waals surface area (Å²) < 4.78 is 14.4. The third kappa shape index (κ3) is 5.02. The zero-order valence-electron chi connectivity index (χ0n) is 11.4. The van der Waals surface area contributed by atoms with Crippen LogP contribution in [0.1, 0.15) is 44.9 Å². The molecule has 0 unspecified atom stereocenters. The molecule has 2 nitrogen and oxygen atoms in total. The Labute approximate surface area is 133 Å². The summed E-state index contributed by atoms with van der Waals surface area (Å²) in [5, 5.41) is 6.78. The molecule has 0 aromatic heterocycles. The van der Waals surface area contributed by atoms with Crippen molar-refractivity contribution in [3.63, 3.8) is 0 Å². The van der Waals surface area contributed by atoms with Crippen LogP contribution in [0, 0.1) is 5.82 Å². The van der Waals surface area contributed by atoms with Gasteiger partial charge < -0.3 is 10.6 Å². The van der Waals surface area contributed by atoms with Crippen LogP contribution in [0.3, 0.4) is 0 Å². The van der Waals surface area contributed by atoms with Crippen molar-refractivity contribution >= 4 is 38.9 Å². The highest BCUT2D eigenvalue weighted by Crippen LogP contribution is 2.20. The first kappa shape index (κ1) is 15.7. The van der Waals surface area contributed by atoms with Gasteiger partial charge in [0.05, 0.1) is 5.69 Å². The second-order valence-electron chi connectivity index (χ2n) is 5.26. The van der Waals surface area contributed by atoms with Crippen LogP contribution < -0.4 is 10.6 Å². The van der Waals surface area contributed by atoms with Gasteiger partial charge in [0, 0.05) is 10.5 Å². The molecule has 1 aliphatic carbocycles. The van der Waals surface area contributed by atoms with Crippen LogP contribution >= 0.6 is 28.1 Å². The van der Waals surface area contributed by atoms with Gasteiger partial charge in [-0.2, -0.15) is 0 Å². The van der Waals surface area contributed by atoms with E-state index in [-0.39, 0.29) is 5.82 Å². The first-order valence-electron chi connectivity index (χ1n) is 7.18. The minimum Gasteiger partial charge on any atom is -0.360 e. The van der Waals surface area contributed by atoms with Gasteiger partial charge >= 0.3 is 0 Å². The largest absolute Gasteiger partial charge is 0.360 e. The zero-order valence-corrected chi connectivity index (χ0v) is 13.8. The molecule has 0 aliphatic heterocycles. The average molecular weight is 359 g/mol. The van der Waals surface area contributed by atoms with Gasteiger partial charge in [-0.1, -0.05) is 48.0 Å². The Bertz CT molecular complexity index is 459. The van der Waals surface area contributed by atoms with Crippen molar-refractivity contribution < 1.29 is 4.39 Å². The minimum atomic E-state index is -0.304. The fourth-order valence-corrected chi connectivity index (χ4v) is 3.14. The van der Waals surface area contributed by atoms with E-state index in [1.807, 2.05) is 0 Å². The molecule has 0 saturated heterocycles. The van der Waals surface area contributed by atoms with Gasteiger partial charge in [0.15, 0.2) is 5.11 Å². The van der Waals surface area contributed by atoms with E-state index in [0.717, 1.165) is 17.3 Å². The van der Waals surface area contributed by atoms with E-state index in [1.165, 1.54) is 38.2 Å². The molecule has 1 saturated carbocycles. The fourth-order valence-electron chi connectivity index (χ4n) is 2.54. The van der Waals surface area contributed by atoms with Gasteiger partial charge in [-0.15, -0.1) is 0 Å². The summed E-state index contributed by atoms with van der Waals surface area (Å²) in [6.45, 7) is 0. The van der Waals surface area contributed by atoms with Crippen molar-refractivity contribution in [1.29, 1.82) is 0 Å². The molecule has 20 heavy (non-hydrogen) atoms. The van der Waals surface area contributed by atoms with Crippen LogP contribution in [0.25, 0.3) is 0 Å². The van der Waals surface area contributed by atoms with Gasteiger partial charge in [0.25, 0.3) is 0 Å². The molecule has 0 radical (unpaired) electrons. The second-order valence-corrected chi connectivity index (χ2v) is 6.59. The highest BCUT2D eigenvalue weighted by Gasteiger charge is 2.13. The van der Waals surface area contributed by atoms with Crippen molar-refractivity contribution in [3.05, 3.63) is 28.5 Å². The fraction of sp³-hybridized carbons (Fsp3) is 0.533. The monoisotopic (exact) mass is 358 g/mol. The van der Waals surface area contributed by atoms with Gasteiger partial charge in [-0.05, 0) is 43.3 Å². The number of anilines is 1. The Hall–Kier alpha value is -0.680. The third-order valence-corrected chi connectivity index (χ3v) is 4.33. The second kappa shape index (κ2) is 7.93. The molecule has 0 amide bonds. The van der Waals surface area contributed by atoms with E-state index in [1.54, 1.807) is 12.1 Å². The highest BCUT2D eigenvalue weighted by molar-refractivity contribution is 9.10. The van der Waals surface area contributed by atoms with Crippen LogP contribution in [0.15, 0.2) is 22.7 Å². The lowest BCUT2D eigenvalue weighted by molar-refractivity contribution is 0.429. The predicted molar refractivity (Wildman–Crippen MR) is 89.6 cm³/mol. The zero-order chi connectivity index (χ0) is 14.4. The average Bonchev–Trinajstić information content (AvgIpc) is 2.36. The van der Waals surface area contributed by atoms with Gasteiger partial charge in [0.2, 0.25) is 0 Å². The standard InChI is InChI=1S/C15H20BrFN2S/c16-11-8-9-14(13(17)10-11)19-15(20)18-12-6-4-2-1-3-5-7-12/h8-10,12H,1-7H2,(H2,18,19,20). The molecule has 1 fully saturated rings. The molecule has 1 aliphatic rings. The molecule has 0 heterocycles. The summed E-state index contributed by atoms with van der Waals surface area (Å²) in [5.74, 6) is -0.304. The van der Waals surface area contributed by atoms with Crippen LogP contribution in [0.5, 0.6) is 0 Å². The molecule has 2 rings (SSSR count). The Balaban J connectivity index is 1.87. The van der Waals surface area contributed by atoms with Gasteiger partial charge in [0.1, 0.15) is 5.82 Å². The summed E-state index contributed by atoms with van der Waals surface area (Å²) >= 11 is 8.53. The Morgan fingerprint density at radius 1 is 1.15 bits per heavy atom. The lowest BCUT2D eigenvalue weighted by Crippen LogP contribution is -2.38. The Morgan fingerprint density at radius 2 is 1.80 bits per heavy atom. The van der Waals surface area contributed by atoms with Crippen LogP contribution in [-0.2, 0) is 0 Å². The summed E-state index contributed by atoms with van der Waals surface area (Å²) in [6.07, 6.45) is 8.73. The SMILES string of the molecule is Fc1cc(Br)ccc1NC(=S)NC1CCCCCCC1. The molecule has 1 aromatic carbocycles. The van der Waals surface area contributed by atoms with Crippen LogP contribution in [0.4, 0.5) is 10.1 Å². The maximum atomic E-state index is 13.7. The Morgan fingerprint density at radius 3 is 2.45 bits per heavy atom. The molecule has 110 valence electrons. The summed E-state index contributed by atoms with van der Waals surface area (Å²) in [5.41, 5.74) is 0.413. The van der Waals surface area contributed by atoms with E-state index < -0.39 is 0 Å². The molecular weight excluding hydrogens is 339 g/mol. The molecule has 0 spiro atoms. The minimum absolute atomic E-state index is 0.304. The van der Waals surface area contributed by atoms with E-state index in [0.29, 0.717) is 16.8 Å². The summed E-state index contributed by atoms with van der Waals surface area (Å²) in [6, 6.07) is 5.32. The van der Waals surface area contributed by atoms with Crippen molar-refractivity contribution in [3.8, 4) is 0 Å². The van der Waals surface area contributed by atoms with E-state index in [2.05, 4.69) is 26.6 Å². The lowest BCUT2D eigenvalue weighted by Gasteiger charge is -2.23. The number of rotatable bonds is 2. The van der Waals surface area contributed by atoms with Crippen molar-refractivity contribution in [2.45, 2.75) is 51.0 Å². The molecule has 0 bridgehead atoms. The van der Waals surface area contributed by atoms with Crippen molar-refractivity contribution in [2.24, 2.45) is 0 Å². The predicted octanol–water partition coefficient (Wildman–Crippen LogP) is 4.99. The number of thiocarbonyl (C=S) groups is 1. The van der Waals surface area contributed by atoms with E-state index in [9.17, 15) is 4.39 Å². The van der Waals surface area contributed by atoms with Crippen LogP contribution in [-0.4, -0.2) is 11.2 Å². The normalized spacial score (nSPS) is 17.1. The summed E-state index contributed by atoms with van der Waals surface area (Å²) in [7, 11) is 0. The molecule has 1 aromatic rings. The van der Waals surface area contributed by atoms with Crippen LogP contribution in [0.2, 0.25) is 0 Å². The topological polar surface area (TPSA) is 24.1 Å². The molecule has 2 N–H and O–H groups in total. The third-order valence-electron chi connectivity index (χ3n) is 3.62. The first-order chi connectivity index (χ1) is 9.65. The smallest absolute Gasteiger partial charge is 0.171 e. The number of hydrogen-bond donors (Lipinski definition) is 2. The van der Waals surface area contributed by atoms with E-state index in [4.69, 9.17) is 12.2 Å². The maximum Gasteiger partial charge on any atom is 0.171 e. The van der Waals surface area contributed by atoms with Crippen molar-refractivity contribution in [2.75, 3.05) is 5.32 Å². The molecule has 5 heteroatoms. The number of nitrogens with one attached hydrogen (secondary N) is 2. The number of hydrogen-bond acceptors (Lipinski definition) is 1. The Kier molecular flexibility index (Phi) is 6.23. The molecule has 0 atom stereocenters.